The molecule has 5 heteroatoms. The zero-order valence-electron chi connectivity index (χ0n) is 21.0. The molecule has 4 rings (SSSR count). The number of nitrogens with zero attached hydrogens (tertiary/aromatic N) is 1. The van der Waals surface area contributed by atoms with E-state index < -0.39 is 6.04 Å². The second kappa shape index (κ2) is 12.9. The number of benzene rings is 3. The molecule has 1 saturated carbocycles. The van der Waals surface area contributed by atoms with Crippen LogP contribution in [0.5, 0.6) is 0 Å². The van der Waals surface area contributed by atoms with Gasteiger partial charge in [-0.05, 0) is 48.6 Å². The Morgan fingerprint density at radius 2 is 1.50 bits per heavy atom. The van der Waals surface area contributed by atoms with Crippen LogP contribution in [0.4, 0.5) is 0 Å². The molecule has 0 aromatic heterocycles. The van der Waals surface area contributed by atoms with Gasteiger partial charge in [0.2, 0.25) is 11.8 Å². The van der Waals surface area contributed by atoms with Crippen LogP contribution in [0, 0.1) is 6.92 Å². The maximum absolute atomic E-state index is 13.8. The highest BCUT2D eigenvalue weighted by atomic mass is 79.9. The monoisotopic (exact) mass is 546 g/mol. The summed E-state index contributed by atoms with van der Waals surface area (Å²) >= 11 is 3.50. The molecule has 4 nitrogen and oxygen atoms in total. The molecule has 1 aliphatic carbocycles. The molecule has 1 unspecified atom stereocenters. The van der Waals surface area contributed by atoms with E-state index in [0.717, 1.165) is 52.4 Å². The molecule has 0 radical (unpaired) electrons. The van der Waals surface area contributed by atoms with E-state index in [1.807, 2.05) is 85.8 Å². The van der Waals surface area contributed by atoms with Gasteiger partial charge >= 0.3 is 0 Å². The Balaban J connectivity index is 1.64. The Labute approximate surface area is 223 Å². The van der Waals surface area contributed by atoms with Crippen molar-refractivity contribution in [2.75, 3.05) is 0 Å². The van der Waals surface area contributed by atoms with Gasteiger partial charge in [-0.1, -0.05) is 107 Å². The summed E-state index contributed by atoms with van der Waals surface area (Å²) in [5, 5.41) is 3.30. The van der Waals surface area contributed by atoms with Crippen molar-refractivity contribution >= 4 is 27.7 Å². The summed E-state index contributed by atoms with van der Waals surface area (Å²) < 4.78 is 0.986. The van der Waals surface area contributed by atoms with Crippen molar-refractivity contribution in [2.24, 2.45) is 0 Å². The second-order valence-corrected chi connectivity index (χ2v) is 10.8. The molecule has 3 aromatic carbocycles. The SMILES string of the molecule is Cc1ccc(CC(=O)N(Cc2ccc(Br)cc2)C(Cc2ccccc2)C(=O)NC2CCCCC2)cc1. The van der Waals surface area contributed by atoms with E-state index in [2.05, 4.69) is 21.2 Å². The predicted octanol–water partition coefficient (Wildman–Crippen LogP) is 6.39. The van der Waals surface area contributed by atoms with Gasteiger partial charge in [0.05, 0.1) is 6.42 Å². The van der Waals surface area contributed by atoms with Gasteiger partial charge < -0.3 is 10.2 Å². The standard InChI is InChI=1S/C31H35BrN2O2/c1-23-12-14-25(15-13-23)21-30(35)34(22-26-16-18-27(32)19-17-26)29(20-24-8-4-2-5-9-24)31(36)33-28-10-6-3-7-11-28/h2,4-5,8-9,12-19,28-29H,3,6-7,10-11,20-22H2,1H3,(H,33,36). The van der Waals surface area contributed by atoms with Crippen LogP contribution in [-0.4, -0.2) is 28.8 Å². The van der Waals surface area contributed by atoms with Crippen LogP contribution in [0.1, 0.15) is 54.4 Å². The number of carbonyl (C=O) groups excluding carboxylic acids is 2. The van der Waals surface area contributed by atoms with Gasteiger partial charge in [-0.25, -0.2) is 0 Å². The van der Waals surface area contributed by atoms with Crippen LogP contribution in [0.3, 0.4) is 0 Å². The van der Waals surface area contributed by atoms with Gasteiger partial charge in [0.15, 0.2) is 0 Å². The van der Waals surface area contributed by atoms with Crippen molar-refractivity contribution in [1.29, 1.82) is 0 Å². The fourth-order valence-electron chi connectivity index (χ4n) is 4.87. The van der Waals surface area contributed by atoms with Crippen molar-refractivity contribution in [2.45, 2.75) is 70.5 Å². The summed E-state index contributed by atoms with van der Waals surface area (Å²) in [5.41, 5.74) is 4.16. The number of hydrogen-bond acceptors (Lipinski definition) is 2. The summed E-state index contributed by atoms with van der Waals surface area (Å²) in [6.45, 7) is 2.42. The fourth-order valence-corrected chi connectivity index (χ4v) is 5.13. The molecule has 0 bridgehead atoms. The quantitative estimate of drug-likeness (QED) is 0.338. The molecule has 2 amide bonds. The van der Waals surface area contributed by atoms with Gasteiger partial charge in [0.1, 0.15) is 6.04 Å². The molecule has 188 valence electrons. The van der Waals surface area contributed by atoms with Gasteiger partial charge in [-0.2, -0.15) is 0 Å². The first-order chi connectivity index (χ1) is 17.5. The van der Waals surface area contributed by atoms with Crippen molar-refractivity contribution in [3.63, 3.8) is 0 Å². The summed E-state index contributed by atoms with van der Waals surface area (Å²) in [5.74, 6) is -0.0957. The van der Waals surface area contributed by atoms with E-state index in [1.54, 1.807) is 4.90 Å². The van der Waals surface area contributed by atoms with E-state index in [4.69, 9.17) is 0 Å². The molecule has 0 aliphatic heterocycles. The third kappa shape index (κ3) is 7.54. The molecule has 3 aromatic rings. The summed E-state index contributed by atoms with van der Waals surface area (Å²) in [6.07, 6.45) is 6.27. The first kappa shape index (κ1) is 26.2. The molecule has 1 N–H and O–H groups in total. The number of amides is 2. The number of hydrogen-bond donors (Lipinski definition) is 1. The molecule has 0 spiro atoms. The second-order valence-electron chi connectivity index (χ2n) is 9.86. The topological polar surface area (TPSA) is 49.4 Å². The van der Waals surface area contributed by atoms with E-state index in [-0.39, 0.29) is 24.3 Å². The Morgan fingerprint density at radius 3 is 2.17 bits per heavy atom. The molecule has 1 aliphatic rings. The van der Waals surface area contributed by atoms with Crippen molar-refractivity contribution < 1.29 is 9.59 Å². The largest absolute Gasteiger partial charge is 0.352 e. The highest BCUT2D eigenvalue weighted by Gasteiger charge is 2.31. The smallest absolute Gasteiger partial charge is 0.243 e. The van der Waals surface area contributed by atoms with Crippen molar-refractivity contribution in [1.82, 2.24) is 10.2 Å². The van der Waals surface area contributed by atoms with Gasteiger partial charge in [-0.3, -0.25) is 9.59 Å². The third-order valence-electron chi connectivity index (χ3n) is 6.96. The van der Waals surface area contributed by atoms with Crippen molar-refractivity contribution in [3.8, 4) is 0 Å². The lowest BCUT2D eigenvalue weighted by Crippen LogP contribution is -2.53. The Hall–Kier alpha value is -2.92. The summed E-state index contributed by atoms with van der Waals surface area (Å²) in [6, 6.07) is 25.6. The highest BCUT2D eigenvalue weighted by Crippen LogP contribution is 2.21. The number of aryl methyl sites for hydroxylation is 1. The van der Waals surface area contributed by atoms with Crippen molar-refractivity contribution in [3.05, 3.63) is 106 Å². The van der Waals surface area contributed by atoms with E-state index in [1.165, 1.54) is 6.42 Å². The molecule has 36 heavy (non-hydrogen) atoms. The van der Waals surface area contributed by atoms with E-state index in [0.29, 0.717) is 13.0 Å². The molecular weight excluding hydrogens is 512 g/mol. The highest BCUT2D eigenvalue weighted by molar-refractivity contribution is 9.10. The number of rotatable bonds is 9. The van der Waals surface area contributed by atoms with Crippen LogP contribution in [-0.2, 0) is 29.0 Å². The van der Waals surface area contributed by atoms with Gasteiger partial charge in [-0.15, -0.1) is 0 Å². The zero-order chi connectivity index (χ0) is 25.3. The van der Waals surface area contributed by atoms with Gasteiger partial charge in [0, 0.05) is 23.5 Å². The fraction of sp³-hybridized carbons (Fsp3) is 0.355. The van der Waals surface area contributed by atoms with E-state index >= 15 is 0 Å². The molecular formula is C31H35BrN2O2. The van der Waals surface area contributed by atoms with Crippen LogP contribution < -0.4 is 5.32 Å². The lowest BCUT2D eigenvalue weighted by atomic mass is 9.94. The minimum atomic E-state index is -0.587. The van der Waals surface area contributed by atoms with Crippen LogP contribution in [0.25, 0.3) is 0 Å². The minimum absolute atomic E-state index is 0.0403. The first-order valence-corrected chi connectivity index (χ1v) is 13.7. The Morgan fingerprint density at radius 1 is 0.861 bits per heavy atom. The first-order valence-electron chi connectivity index (χ1n) is 12.9. The number of carbonyl (C=O) groups is 2. The zero-order valence-corrected chi connectivity index (χ0v) is 22.5. The van der Waals surface area contributed by atoms with Crippen LogP contribution >= 0.6 is 15.9 Å². The van der Waals surface area contributed by atoms with Crippen LogP contribution in [0.15, 0.2) is 83.3 Å². The maximum Gasteiger partial charge on any atom is 0.243 e. The molecule has 0 heterocycles. The molecule has 1 atom stereocenters. The summed E-state index contributed by atoms with van der Waals surface area (Å²) in [7, 11) is 0. The Kier molecular flexibility index (Phi) is 9.35. The Bertz CT molecular complexity index is 1120. The molecule has 1 fully saturated rings. The lowest BCUT2D eigenvalue weighted by molar-refractivity contribution is -0.141. The average molecular weight is 548 g/mol. The third-order valence-corrected chi connectivity index (χ3v) is 7.49. The lowest BCUT2D eigenvalue weighted by Gasteiger charge is -2.33. The van der Waals surface area contributed by atoms with Gasteiger partial charge in [0.25, 0.3) is 0 Å². The maximum atomic E-state index is 13.8. The van der Waals surface area contributed by atoms with E-state index in [9.17, 15) is 9.59 Å². The number of halogens is 1. The average Bonchev–Trinajstić information content (AvgIpc) is 2.89. The number of nitrogens with one attached hydrogen (secondary N) is 1. The minimum Gasteiger partial charge on any atom is -0.352 e. The van der Waals surface area contributed by atoms with Crippen LogP contribution in [0.2, 0.25) is 0 Å². The summed E-state index contributed by atoms with van der Waals surface area (Å²) in [4.78, 5) is 29.4. The molecule has 0 saturated heterocycles. The predicted molar refractivity (Wildman–Crippen MR) is 149 cm³/mol. The normalized spacial score (nSPS) is 14.7.